The molecule has 106 valence electrons. The van der Waals surface area contributed by atoms with Crippen molar-refractivity contribution in [2.24, 2.45) is 0 Å². The number of rotatable bonds is 4. The van der Waals surface area contributed by atoms with Gasteiger partial charge in [0, 0.05) is 5.56 Å². The Morgan fingerprint density at radius 3 is 2.15 bits per heavy atom. The van der Waals surface area contributed by atoms with Gasteiger partial charge in [0.05, 0.1) is 14.2 Å². The number of phenolic OH excluding ortho intramolecular Hbond substituents is 1. The van der Waals surface area contributed by atoms with E-state index in [1.54, 1.807) is 32.4 Å². The number of hydrogen-bond acceptors (Lipinski definition) is 4. The normalized spacial score (nSPS) is 10.2. The van der Waals surface area contributed by atoms with Crippen LogP contribution in [0.25, 0.3) is 0 Å². The van der Waals surface area contributed by atoms with Gasteiger partial charge in [0.15, 0.2) is 11.5 Å². The minimum atomic E-state index is 0.0803. The molecule has 4 nitrogen and oxygen atoms in total. The molecule has 0 heterocycles. The Morgan fingerprint density at radius 1 is 0.900 bits per heavy atom. The Bertz CT molecular complexity index is 620. The summed E-state index contributed by atoms with van der Waals surface area (Å²) in [4.78, 5) is 0. The summed E-state index contributed by atoms with van der Waals surface area (Å²) in [5, 5.41) is 9.94. The maximum absolute atomic E-state index is 9.94. The molecule has 20 heavy (non-hydrogen) atoms. The molecule has 0 radical (unpaired) electrons. The van der Waals surface area contributed by atoms with Gasteiger partial charge in [-0.2, -0.15) is 0 Å². The van der Waals surface area contributed by atoms with E-state index in [1.165, 1.54) is 0 Å². The van der Waals surface area contributed by atoms with E-state index in [0.717, 1.165) is 16.9 Å². The van der Waals surface area contributed by atoms with Gasteiger partial charge < -0.3 is 19.3 Å². The smallest absolute Gasteiger partial charge is 0.175 e. The number of aromatic hydroxyl groups is 1. The van der Waals surface area contributed by atoms with Crippen molar-refractivity contribution in [3.8, 4) is 28.7 Å². The third-order valence-corrected chi connectivity index (χ3v) is 3.14. The minimum absolute atomic E-state index is 0.0803. The van der Waals surface area contributed by atoms with Crippen LogP contribution in [0.4, 0.5) is 0 Å². The van der Waals surface area contributed by atoms with Gasteiger partial charge in [0.2, 0.25) is 0 Å². The Kier molecular flexibility index (Phi) is 4.03. The Hall–Kier alpha value is -2.36. The van der Waals surface area contributed by atoms with Crippen molar-refractivity contribution in [3.05, 3.63) is 41.5 Å². The van der Waals surface area contributed by atoms with E-state index >= 15 is 0 Å². The van der Waals surface area contributed by atoms with Gasteiger partial charge in [-0.25, -0.2) is 0 Å². The first-order valence-electron chi connectivity index (χ1n) is 6.26. The lowest BCUT2D eigenvalue weighted by molar-refractivity contribution is 0.385. The lowest BCUT2D eigenvalue weighted by Crippen LogP contribution is -1.94. The van der Waals surface area contributed by atoms with Crippen LogP contribution in [0.5, 0.6) is 28.7 Å². The lowest BCUT2D eigenvalue weighted by atomic mass is 10.1. The average Bonchev–Trinajstić information content (AvgIpc) is 2.44. The zero-order valence-electron chi connectivity index (χ0n) is 12.1. The van der Waals surface area contributed by atoms with Crippen LogP contribution < -0.4 is 14.2 Å². The highest BCUT2D eigenvalue weighted by Crippen LogP contribution is 2.39. The van der Waals surface area contributed by atoms with Crippen molar-refractivity contribution >= 4 is 0 Å². The van der Waals surface area contributed by atoms with Gasteiger partial charge >= 0.3 is 0 Å². The fraction of sp³-hybridized carbons (Fsp3) is 0.250. The number of aryl methyl sites for hydroxylation is 1. The Labute approximate surface area is 118 Å². The number of benzene rings is 2. The molecule has 2 aromatic rings. The SMILES string of the molecule is COc1ccc(Oc2c(O)ccc(OC)c2C)cc1C. The van der Waals surface area contributed by atoms with E-state index < -0.39 is 0 Å². The third-order valence-electron chi connectivity index (χ3n) is 3.14. The van der Waals surface area contributed by atoms with Crippen LogP contribution in [-0.2, 0) is 0 Å². The van der Waals surface area contributed by atoms with Crippen molar-refractivity contribution in [3.63, 3.8) is 0 Å². The summed E-state index contributed by atoms with van der Waals surface area (Å²) in [6.45, 7) is 3.77. The average molecular weight is 274 g/mol. The molecule has 0 aliphatic heterocycles. The van der Waals surface area contributed by atoms with Gasteiger partial charge in [-0.3, -0.25) is 0 Å². The molecule has 0 bridgehead atoms. The van der Waals surface area contributed by atoms with Gasteiger partial charge in [-0.05, 0) is 49.7 Å². The van der Waals surface area contributed by atoms with Crippen LogP contribution in [0.1, 0.15) is 11.1 Å². The zero-order chi connectivity index (χ0) is 14.7. The predicted molar refractivity (Wildman–Crippen MR) is 77.2 cm³/mol. The molecule has 2 aromatic carbocycles. The Morgan fingerprint density at radius 2 is 1.55 bits per heavy atom. The first-order chi connectivity index (χ1) is 9.56. The third kappa shape index (κ3) is 2.64. The molecule has 0 saturated heterocycles. The second-order valence-corrected chi connectivity index (χ2v) is 4.47. The summed E-state index contributed by atoms with van der Waals surface area (Å²) in [5.74, 6) is 2.58. The molecular formula is C16H18O4. The topological polar surface area (TPSA) is 47.9 Å². The van der Waals surface area contributed by atoms with Crippen molar-refractivity contribution < 1.29 is 19.3 Å². The van der Waals surface area contributed by atoms with Crippen LogP contribution in [0.3, 0.4) is 0 Å². The maximum atomic E-state index is 9.94. The number of ether oxygens (including phenoxy) is 3. The summed E-state index contributed by atoms with van der Waals surface area (Å²) in [5.41, 5.74) is 1.71. The van der Waals surface area contributed by atoms with Gasteiger partial charge in [-0.1, -0.05) is 0 Å². The Balaban J connectivity index is 2.37. The van der Waals surface area contributed by atoms with E-state index in [4.69, 9.17) is 14.2 Å². The molecule has 2 rings (SSSR count). The minimum Gasteiger partial charge on any atom is -0.504 e. The fourth-order valence-corrected chi connectivity index (χ4v) is 2.04. The van der Waals surface area contributed by atoms with E-state index in [-0.39, 0.29) is 5.75 Å². The van der Waals surface area contributed by atoms with Crippen molar-refractivity contribution in [2.75, 3.05) is 14.2 Å². The molecular weight excluding hydrogens is 256 g/mol. The van der Waals surface area contributed by atoms with Gasteiger partial charge in [0.25, 0.3) is 0 Å². The molecule has 0 amide bonds. The summed E-state index contributed by atoms with van der Waals surface area (Å²) in [6, 6.07) is 8.74. The summed E-state index contributed by atoms with van der Waals surface area (Å²) < 4.78 is 16.2. The largest absolute Gasteiger partial charge is 0.504 e. The van der Waals surface area contributed by atoms with Crippen LogP contribution in [0, 0.1) is 13.8 Å². The summed E-state index contributed by atoms with van der Waals surface area (Å²) >= 11 is 0. The van der Waals surface area contributed by atoms with Crippen molar-refractivity contribution in [1.82, 2.24) is 0 Å². The van der Waals surface area contributed by atoms with Crippen LogP contribution >= 0.6 is 0 Å². The van der Waals surface area contributed by atoms with Gasteiger partial charge in [0.1, 0.15) is 17.2 Å². The quantitative estimate of drug-likeness (QED) is 0.920. The number of phenols is 1. The molecule has 0 aliphatic carbocycles. The van der Waals surface area contributed by atoms with Crippen LogP contribution in [0.15, 0.2) is 30.3 Å². The highest BCUT2D eigenvalue weighted by Gasteiger charge is 2.13. The molecule has 1 N–H and O–H groups in total. The standard InChI is InChI=1S/C16H18O4/c1-10-9-12(5-7-14(10)18-3)20-16-11(2)15(19-4)8-6-13(16)17/h5-9,17H,1-4H3. The van der Waals surface area contributed by atoms with E-state index in [0.29, 0.717) is 17.2 Å². The number of hydrogen-bond donors (Lipinski definition) is 1. The molecule has 4 heteroatoms. The molecule has 0 fully saturated rings. The lowest BCUT2D eigenvalue weighted by Gasteiger charge is -2.14. The van der Waals surface area contributed by atoms with E-state index in [2.05, 4.69) is 0 Å². The highest BCUT2D eigenvalue weighted by molar-refractivity contribution is 5.54. The maximum Gasteiger partial charge on any atom is 0.175 e. The molecule has 0 aliphatic rings. The summed E-state index contributed by atoms with van der Waals surface area (Å²) in [6.07, 6.45) is 0. The first-order valence-corrected chi connectivity index (χ1v) is 6.26. The van der Waals surface area contributed by atoms with Crippen LogP contribution in [-0.4, -0.2) is 19.3 Å². The highest BCUT2D eigenvalue weighted by atomic mass is 16.5. The van der Waals surface area contributed by atoms with Crippen LogP contribution in [0.2, 0.25) is 0 Å². The zero-order valence-corrected chi connectivity index (χ0v) is 12.1. The molecule has 0 spiro atoms. The number of methoxy groups -OCH3 is 2. The monoisotopic (exact) mass is 274 g/mol. The fourth-order valence-electron chi connectivity index (χ4n) is 2.04. The summed E-state index contributed by atoms with van der Waals surface area (Å²) in [7, 11) is 3.21. The second-order valence-electron chi connectivity index (χ2n) is 4.47. The molecule has 0 aromatic heterocycles. The second kappa shape index (κ2) is 5.74. The molecule has 0 saturated carbocycles. The van der Waals surface area contributed by atoms with E-state index in [9.17, 15) is 5.11 Å². The predicted octanol–water partition coefficient (Wildman–Crippen LogP) is 3.82. The van der Waals surface area contributed by atoms with E-state index in [1.807, 2.05) is 26.0 Å². The van der Waals surface area contributed by atoms with Crippen molar-refractivity contribution in [2.45, 2.75) is 13.8 Å². The molecule has 0 unspecified atom stereocenters. The first kappa shape index (κ1) is 14.1. The van der Waals surface area contributed by atoms with Crippen molar-refractivity contribution in [1.29, 1.82) is 0 Å². The van der Waals surface area contributed by atoms with Gasteiger partial charge in [-0.15, -0.1) is 0 Å². The molecule has 0 atom stereocenters.